The monoisotopic (exact) mass is 356 g/mol. The highest BCUT2D eigenvalue weighted by molar-refractivity contribution is 6.34. The molecule has 1 amide bonds. The van der Waals surface area contributed by atoms with E-state index in [0.29, 0.717) is 22.0 Å². The largest absolute Gasteiger partial charge is 0.375 e. The lowest BCUT2D eigenvalue weighted by atomic mass is 10.2. The molecular formula is C18H17ClN4O2. The Morgan fingerprint density at radius 2 is 2.04 bits per heavy atom. The zero-order valence-corrected chi connectivity index (χ0v) is 14.8. The van der Waals surface area contributed by atoms with Gasteiger partial charge < -0.3 is 10.2 Å². The summed E-state index contributed by atoms with van der Waals surface area (Å²) in [7, 11) is 3.65. The third-order valence-electron chi connectivity index (χ3n) is 3.79. The Bertz CT molecular complexity index is 1030. The van der Waals surface area contributed by atoms with Gasteiger partial charge in [-0.2, -0.15) is 0 Å². The second-order valence-corrected chi connectivity index (χ2v) is 6.30. The number of pyridine rings is 1. The molecular weight excluding hydrogens is 340 g/mol. The van der Waals surface area contributed by atoms with Crippen molar-refractivity contribution in [1.29, 1.82) is 0 Å². The fourth-order valence-electron chi connectivity index (χ4n) is 2.59. The number of hydrogen-bond donors (Lipinski definition) is 1. The van der Waals surface area contributed by atoms with Crippen molar-refractivity contribution < 1.29 is 4.79 Å². The van der Waals surface area contributed by atoms with E-state index in [9.17, 15) is 9.59 Å². The number of aryl methyl sites for hydroxylation is 1. The van der Waals surface area contributed by atoms with Crippen LogP contribution in [0.15, 0.2) is 47.5 Å². The van der Waals surface area contributed by atoms with Gasteiger partial charge in [0.25, 0.3) is 11.5 Å². The highest BCUT2D eigenvalue weighted by atomic mass is 35.5. The number of amides is 1. The van der Waals surface area contributed by atoms with Gasteiger partial charge in [-0.25, -0.2) is 4.98 Å². The lowest BCUT2D eigenvalue weighted by Crippen LogP contribution is -2.27. The van der Waals surface area contributed by atoms with Crippen molar-refractivity contribution in [2.24, 2.45) is 0 Å². The summed E-state index contributed by atoms with van der Waals surface area (Å²) >= 11 is 6.21. The van der Waals surface area contributed by atoms with Crippen molar-refractivity contribution in [1.82, 2.24) is 9.38 Å². The van der Waals surface area contributed by atoms with E-state index in [2.05, 4.69) is 10.3 Å². The second kappa shape index (κ2) is 6.57. The molecule has 0 bridgehead atoms. The summed E-state index contributed by atoms with van der Waals surface area (Å²) < 4.78 is 1.35. The average molecular weight is 357 g/mol. The standard InChI is InChI=1S/C18H17ClN4O2/c1-11-7-8-23-15(9-11)20-10-12(18(23)25)17(24)21-14-6-4-5-13(19)16(14)22(2)3/h4-10H,1-3H3,(H,21,24). The molecule has 128 valence electrons. The lowest BCUT2D eigenvalue weighted by Gasteiger charge is -2.19. The van der Waals surface area contributed by atoms with Crippen molar-refractivity contribution >= 4 is 34.5 Å². The van der Waals surface area contributed by atoms with E-state index in [1.54, 1.807) is 41.4 Å². The van der Waals surface area contributed by atoms with Crippen LogP contribution in [0.5, 0.6) is 0 Å². The van der Waals surface area contributed by atoms with Gasteiger partial charge in [0.15, 0.2) is 0 Å². The Labute approximate surface area is 149 Å². The van der Waals surface area contributed by atoms with Gasteiger partial charge in [-0.1, -0.05) is 17.7 Å². The molecule has 0 aliphatic carbocycles. The number of hydrogen-bond acceptors (Lipinski definition) is 4. The normalized spacial score (nSPS) is 10.7. The quantitative estimate of drug-likeness (QED) is 0.783. The van der Waals surface area contributed by atoms with E-state index in [0.717, 1.165) is 5.56 Å². The van der Waals surface area contributed by atoms with Crippen LogP contribution in [0.1, 0.15) is 15.9 Å². The van der Waals surface area contributed by atoms with Crippen LogP contribution in [0.25, 0.3) is 5.65 Å². The first kappa shape index (κ1) is 17.0. The molecule has 6 nitrogen and oxygen atoms in total. The molecule has 3 aromatic rings. The van der Waals surface area contributed by atoms with Gasteiger partial charge in [-0.15, -0.1) is 0 Å². The predicted molar refractivity (Wildman–Crippen MR) is 99.9 cm³/mol. The molecule has 1 N–H and O–H groups in total. The summed E-state index contributed by atoms with van der Waals surface area (Å²) in [5.74, 6) is -0.530. The van der Waals surface area contributed by atoms with Crippen LogP contribution in [0.3, 0.4) is 0 Å². The minimum atomic E-state index is -0.530. The van der Waals surface area contributed by atoms with Crippen LogP contribution in [-0.4, -0.2) is 29.4 Å². The molecule has 7 heteroatoms. The van der Waals surface area contributed by atoms with Crippen LogP contribution in [0, 0.1) is 6.92 Å². The fourth-order valence-corrected chi connectivity index (χ4v) is 2.94. The first-order valence-electron chi connectivity index (χ1n) is 7.63. The number of para-hydroxylation sites is 1. The van der Waals surface area contributed by atoms with Crippen LogP contribution in [0.2, 0.25) is 5.02 Å². The first-order chi connectivity index (χ1) is 11.9. The number of fused-ring (bicyclic) bond motifs is 1. The minimum Gasteiger partial charge on any atom is -0.375 e. The van der Waals surface area contributed by atoms with E-state index >= 15 is 0 Å². The van der Waals surface area contributed by atoms with E-state index in [-0.39, 0.29) is 5.56 Å². The number of aromatic nitrogens is 2. The van der Waals surface area contributed by atoms with Crippen LogP contribution >= 0.6 is 11.6 Å². The smallest absolute Gasteiger partial charge is 0.270 e. The molecule has 0 aliphatic heterocycles. The van der Waals surface area contributed by atoms with E-state index in [4.69, 9.17) is 11.6 Å². The Morgan fingerprint density at radius 1 is 1.28 bits per heavy atom. The maximum atomic E-state index is 12.6. The highest BCUT2D eigenvalue weighted by Gasteiger charge is 2.17. The molecule has 3 rings (SSSR count). The molecule has 2 heterocycles. The Hall–Kier alpha value is -2.86. The van der Waals surface area contributed by atoms with Gasteiger partial charge in [0, 0.05) is 26.5 Å². The first-order valence-corrected chi connectivity index (χ1v) is 8.01. The maximum absolute atomic E-state index is 12.6. The molecule has 0 aliphatic rings. The number of anilines is 2. The molecule has 0 spiro atoms. The van der Waals surface area contributed by atoms with Crippen LogP contribution in [-0.2, 0) is 0 Å². The van der Waals surface area contributed by atoms with Gasteiger partial charge >= 0.3 is 0 Å². The Kier molecular flexibility index (Phi) is 4.46. The topological polar surface area (TPSA) is 66.7 Å². The molecule has 2 aromatic heterocycles. The van der Waals surface area contributed by atoms with Crippen molar-refractivity contribution in [2.75, 3.05) is 24.3 Å². The molecule has 0 saturated carbocycles. The molecule has 1 aromatic carbocycles. The van der Waals surface area contributed by atoms with Crippen molar-refractivity contribution in [3.63, 3.8) is 0 Å². The summed E-state index contributed by atoms with van der Waals surface area (Å²) in [5, 5.41) is 3.25. The number of carbonyl (C=O) groups excluding carboxylic acids is 1. The summed E-state index contributed by atoms with van der Waals surface area (Å²) in [6, 6.07) is 8.78. The van der Waals surface area contributed by atoms with E-state index < -0.39 is 11.5 Å². The molecule has 0 fully saturated rings. The molecule has 0 saturated heterocycles. The SMILES string of the molecule is Cc1ccn2c(=O)c(C(=O)Nc3cccc(Cl)c3N(C)C)cnc2c1. The molecule has 25 heavy (non-hydrogen) atoms. The van der Waals surface area contributed by atoms with E-state index in [1.165, 1.54) is 10.6 Å². The number of nitrogens with zero attached hydrogens (tertiary/aromatic N) is 3. The molecule has 0 unspecified atom stereocenters. The summed E-state index contributed by atoms with van der Waals surface area (Å²) in [5.41, 5.74) is 2.22. The Morgan fingerprint density at radius 3 is 2.76 bits per heavy atom. The van der Waals surface area contributed by atoms with Crippen LogP contribution < -0.4 is 15.8 Å². The number of benzene rings is 1. The van der Waals surface area contributed by atoms with Crippen LogP contribution in [0.4, 0.5) is 11.4 Å². The van der Waals surface area contributed by atoms with Crippen molar-refractivity contribution in [3.8, 4) is 0 Å². The number of rotatable bonds is 3. The number of carbonyl (C=O) groups is 1. The fraction of sp³-hybridized carbons (Fsp3) is 0.167. The maximum Gasteiger partial charge on any atom is 0.270 e. The second-order valence-electron chi connectivity index (χ2n) is 5.89. The highest BCUT2D eigenvalue weighted by Crippen LogP contribution is 2.32. The zero-order valence-electron chi connectivity index (χ0n) is 14.1. The third kappa shape index (κ3) is 3.21. The third-order valence-corrected chi connectivity index (χ3v) is 4.10. The van der Waals surface area contributed by atoms with Crippen molar-refractivity contribution in [3.05, 3.63) is 69.2 Å². The Balaban J connectivity index is 2.02. The molecule has 0 atom stereocenters. The average Bonchev–Trinajstić information content (AvgIpc) is 2.54. The van der Waals surface area contributed by atoms with E-state index in [1.807, 2.05) is 21.0 Å². The number of halogens is 1. The molecule has 0 radical (unpaired) electrons. The summed E-state index contributed by atoms with van der Waals surface area (Å²) in [6.45, 7) is 1.91. The predicted octanol–water partition coefficient (Wildman–Crippen LogP) is 2.97. The van der Waals surface area contributed by atoms with Gasteiger partial charge in [0.2, 0.25) is 0 Å². The van der Waals surface area contributed by atoms with Gasteiger partial charge in [0.1, 0.15) is 11.2 Å². The van der Waals surface area contributed by atoms with Gasteiger partial charge in [0.05, 0.1) is 16.4 Å². The lowest BCUT2D eigenvalue weighted by molar-refractivity contribution is 0.102. The van der Waals surface area contributed by atoms with Gasteiger partial charge in [-0.3, -0.25) is 14.0 Å². The zero-order chi connectivity index (χ0) is 18.1. The summed E-state index contributed by atoms with van der Waals surface area (Å²) in [4.78, 5) is 31.2. The van der Waals surface area contributed by atoms with Gasteiger partial charge in [-0.05, 0) is 36.8 Å². The summed E-state index contributed by atoms with van der Waals surface area (Å²) in [6.07, 6.45) is 2.91. The van der Waals surface area contributed by atoms with Crippen molar-refractivity contribution in [2.45, 2.75) is 6.92 Å². The minimum absolute atomic E-state index is 0.0361. The number of nitrogens with one attached hydrogen (secondary N) is 1.